The number of hydrogen-bond acceptors (Lipinski definition) is 14. The molecule has 0 saturated heterocycles. The van der Waals surface area contributed by atoms with Gasteiger partial charge in [-0.2, -0.15) is 10.2 Å². The van der Waals surface area contributed by atoms with Gasteiger partial charge in [0.15, 0.2) is 24.1 Å². The number of azo groups is 2. The van der Waals surface area contributed by atoms with Crippen LogP contribution in [0.5, 0.6) is 11.5 Å². The molecule has 0 spiro atoms. The van der Waals surface area contributed by atoms with Crippen molar-refractivity contribution in [3.63, 3.8) is 0 Å². The van der Waals surface area contributed by atoms with Crippen molar-refractivity contribution in [1.29, 1.82) is 0 Å². The molecule has 0 unspecified atom stereocenters. The molecular weight excluding hydrogens is 683 g/mol. The minimum atomic E-state index is -0.504. The second-order valence-electron chi connectivity index (χ2n) is 9.65. The summed E-state index contributed by atoms with van der Waals surface area (Å²) in [5.74, 6) is -0.426. The van der Waals surface area contributed by atoms with Crippen molar-refractivity contribution in [2.24, 2.45) is 20.5 Å². The molecule has 6 aromatic rings. The molecule has 0 saturated carbocycles. The molecule has 2 heterocycles. The molecule has 0 radical (unpaired) electrons. The molecule has 49 heavy (non-hydrogen) atoms. The molecule has 17 heteroatoms. The molecule has 0 aliphatic heterocycles. The summed E-state index contributed by atoms with van der Waals surface area (Å²) in [4.78, 5) is 50.5. The number of nitrogens with zero attached hydrogens (tertiary/aromatic N) is 8. The minimum Gasteiger partial charge on any atom is -0.505 e. The van der Waals surface area contributed by atoms with Crippen molar-refractivity contribution in [2.75, 3.05) is 0 Å². The van der Waals surface area contributed by atoms with Crippen molar-refractivity contribution in [3.05, 3.63) is 129 Å². The average Bonchev–Trinajstić information content (AvgIpc) is 3.12. The fraction of sp³-hybridized carbons (Fsp3) is 0. The van der Waals surface area contributed by atoms with E-state index in [2.05, 4.69) is 30.4 Å². The number of hydrogen-bond donors (Lipinski definition) is 2. The van der Waals surface area contributed by atoms with Crippen LogP contribution in [0, 0.1) is 20.2 Å². The molecule has 6 rings (SSSR count). The number of aldehydes is 2. The fourth-order valence-corrected chi connectivity index (χ4v) is 4.31. The maximum absolute atomic E-state index is 11.1. The van der Waals surface area contributed by atoms with Crippen LogP contribution in [0.2, 0.25) is 0 Å². The Balaban J connectivity index is 0.000000216. The van der Waals surface area contributed by atoms with E-state index in [9.17, 15) is 40.0 Å². The third kappa shape index (κ3) is 7.93. The molecule has 2 aromatic heterocycles. The van der Waals surface area contributed by atoms with Gasteiger partial charge in [-0.05, 0) is 60.7 Å². The number of non-ortho nitro benzene ring substituents is 2. The van der Waals surface area contributed by atoms with Crippen LogP contribution in [0.3, 0.4) is 0 Å². The zero-order valence-corrected chi connectivity index (χ0v) is 25.6. The van der Waals surface area contributed by atoms with Crippen molar-refractivity contribution in [3.8, 4) is 11.5 Å². The Kier molecular flexibility index (Phi) is 11.2. The van der Waals surface area contributed by atoms with Gasteiger partial charge in [-0.15, -0.1) is 10.2 Å². The van der Waals surface area contributed by atoms with Crippen LogP contribution in [0.1, 0.15) is 20.7 Å². The summed E-state index contributed by atoms with van der Waals surface area (Å²) in [6.45, 7) is 0. The van der Waals surface area contributed by atoms with E-state index in [1.165, 1.54) is 73.1 Å². The number of rotatable bonds is 8. The van der Waals surface area contributed by atoms with Gasteiger partial charge in [0.05, 0.1) is 43.7 Å². The van der Waals surface area contributed by atoms with Crippen LogP contribution >= 0.6 is 0 Å². The summed E-state index contributed by atoms with van der Waals surface area (Å²) < 4.78 is 0. The maximum Gasteiger partial charge on any atom is 0.269 e. The Bertz CT molecular complexity index is 2100. The molecule has 16 nitrogen and oxygen atoms in total. The van der Waals surface area contributed by atoms with E-state index in [1.807, 2.05) is 0 Å². The van der Waals surface area contributed by atoms with E-state index in [0.717, 1.165) is 0 Å². The van der Waals surface area contributed by atoms with E-state index < -0.39 is 9.85 Å². The van der Waals surface area contributed by atoms with Gasteiger partial charge in [0, 0.05) is 63.9 Å². The topological polar surface area (TPSA) is 236 Å². The molecule has 0 bridgehead atoms. The number of pyridine rings is 2. The Morgan fingerprint density at radius 3 is 1.29 bits per heavy atom. The van der Waals surface area contributed by atoms with Gasteiger partial charge < -0.3 is 10.2 Å². The second kappa shape index (κ2) is 15.6. The number of aromatic hydroxyl groups is 2. The SMILES string of the molecule is O=Cc1cc(N=Nc2ccc([N+](=O)[O-])cc2)c2cccnc2c1O.O=Cc1cc(N=Nc2ccc([N+](=O)[O-])cc2)c2cccnc2c1O.[Ni]. The van der Waals surface area contributed by atoms with Gasteiger partial charge >= 0.3 is 0 Å². The van der Waals surface area contributed by atoms with Crippen LogP contribution in [0.4, 0.5) is 34.1 Å². The molecule has 0 fully saturated rings. The van der Waals surface area contributed by atoms with E-state index in [0.29, 0.717) is 46.1 Å². The van der Waals surface area contributed by atoms with Crippen LogP contribution in [-0.2, 0) is 16.5 Å². The third-order valence-corrected chi connectivity index (χ3v) is 6.67. The number of phenolic OH excluding ortho intramolecular Hbond substituents is 2. The molecular formula is C32H20N8NiO8. The summed E-state index contributed by atoms with van der Waals surface area (Å²) in [5, 5.41) is 58.5. The quantitative estimate of drug-likeness (QED) is 0.0507. The molecule has 2 N–H and O–H groups in total. The zero-order valence-electron chi connectivity index (χ0n) is 24.6. The Morgan fingerprint density at radius 2 is 0.959 bits per heavy atom. The van der Waals surface area contributed by atoms with E-state index >= 15 is 0 Å². The van der Waals surface area contributed by atoms with Crippen LogP contribution < -0.4 is 0 Å². The summed E-state index contributed by atoms with van der Waals surface area (Å²) in [5.41, 5.74) is 2.06. The Hall–Kier alpha value is -6.87. The van der Waals surface area contributed by atoms with Gasteiger partial charge in [0.25, 0.3) is 11.4 Å². The van der Waals surface area contributed by atoms with Crippen LogP contribution in [-0.4, -0.2) is 42.6 Å². The predicted molar refractivity (Wildman–Crippen MR) is 172 cm³/mol. The summed E-state index contributed by atoms with van der Waals surface area (Å²) in [6.07, 6.45) is 4.00. The molecule has 0 amide bonds. The monoisotopic (exact) mass is 702 g/mol. The predicted octanol–water partition coefficient (Wildman–Crippen LogP) is 8.15. The molecule has 246 valence electrons. The number of fused-ring (bicyclic) bond motifs is 2. The Labute approximate surface area is 284 Å². The first-order chi connectivity index (χ1) is 23.2. The van der Waals surface area contributed by atoms with Gasteiger partial charge in [0.1, 0.15) is 11.0 Å². The number of nitro groups is 2. The van der Waals surface area contributed by atoms with Gasteiger partial charge in [-0.1, -0.05) is 0 Å². The van der Waals surface area contributed by atoms with Crippen molar-refractivity contribution in [2.45, 2.75) is 0 Å². The first-order valence-corrected chi connectivity index (χ1v) is 13.6. The third-order valence-electron chi connectivity index (χ3n) is 6.67. The first-order valence-electron chi connectivity index (χ1n) is 13.6. The van der Waals surface area contributed by atoms with E-state index in [-0.39, 0.29) is 61.5 Å². The standard InChI is InChI=1S/2C16H10N4O4.Ni/c2*21-9-10-8-14(13-2-1-7-17-15(13)16(10)22)19-18-11-3-5-12(6-4-11)20(23)24;/h2*1-9,22H;. The van der Waals surface area contributed by atoms with Crippen molar-refractivity contribution < 1.29 is 46.1 Å². The Morgan fingerprint density at radius 1 is 0.592 bits per heavy atom. The molecule has 4 aromatic carbocycles. The van der Waals surface area contributed by atoms with E-state index in [1.54, 1.807) is 24.3 Å². The van der Waals surface area contributed by atoms with Crippen LogP contribution in [0.25, 0.3) is 21.8 Å². The summed E-state index contributed by atoms with van der Waals surface area (Å²) in [6, 6.07) is 20.7. The van der Waals surface area contributed by atoms with E-state index in [4.69, 9.17) is 0 Å². The van der Waals surface area contributed by atoms with Crippen molar-refractivity contribution >= 4 is 68.5 Å². The maximum atomic E-state index is 11.1. The smallest absolute Gasteiger partial charge is 0.269 e. The van der Waals surface area contributed by atoms with Crippen molar-refractivity contribution in [1.82, 2.24) is 9.97 Å². The number of phenols is 2. The zero-order chi connectivity index (χ0) is 34.2. The number of benzene rings is 4. The molecule has 0 aliphatic rings. The molecule has 0 atom stereocenters. The molecule has 0 aliphatic carbocycles. The van der Waals surface area contributed by atoms with Gasteiger partial charge in [0.2, 0.25) is 0 Å². The van der Waals surface area contributed by atoms with Gasteiger partial charge in [-0.25, -0.2) is 0 Å². The number of aromatic nitrogens is 2. The van der Waals surface area contributed by atoms with Gasteiger partial charge in [-0.3, -0.25) is 39.8 Å². The minimum absolute atomic E-state index is 0. The normalized spacial score (nSPS) is 10.8. The second-order valence-corrected chi connectivity index (χ2v) is 9.65. The fourth-order valence-electron chi connectivity index (χ4n) is 4.31. The number of carbonyl (C=O) groups excluding carboxylic acids is 2. The number of nitro benzene ring substituents is 2. The van der Waals surface area contributed by atoms with Crippen LogP contribution in [0.15, 0.2) is 118 Å². The largest absolute Gasteiger partial charge is 0.505 e. The number of carbonyl (C=O) groups is 2. The summed E-state index contributed by atoms with van der Waals surface area (Å²) >= 11 is 0. The summed E-state index contributed by atoms with van der Waals surface area (Å²) in [7, 11) is 0. The first kappa shape index (κ1) is 35.0. The average molecular weight is 703 g/mol.